The second kappa shape index (κ2) is 9.26. The van der Waals surface area contributed by atoms with Gasteiger partial charge < -0.3 is 20.3 Å². The fourth-order valence-electron chi connectivity index (χ4n) is 8.50. The number of rotatable bonds is 4. The molecule has 228 valence electrons. The van der Waals surface area contributed by atoms with Crippen LogP contribution in [0.15, 0.2) is 60.8 Å². The number of benzene rings is 2. The van der Waals surface area contributed by atoms with Gasteiger partial charge in [0.05, 0.1) is 5.92 Å². The molecule has 3 N–H and O–H groups in total. The molecular formula is C34H37N5O5. The first-order valence-electron chi connectivity index (χ1n) is 15.6. The lowest BCUT2D eigenvalue weighted by Crippen LogP contribution is -2.74. The van der Waals surface area contributed by atoms with E-state index in [1.807, 2.05) is 37.4 Å². The van der Waals surface area contributed by atoms with Gasteiger partial charge in [-0.1, -0.05) is 55.5 Å². The highest BCUT2D eigenvalue weighted by Crippen LogP contribution is 2.52. The van der Waals surface area contributed by atoms with E-state index in [9.17, 15) is 19.5 Å². The first-order valence-corrected chi connectivity index (χ1v) is 15.6. The highest BCUT2D eigenvalue weighted by atomic mass is 16.7. The largest absolute Gasteiger partial charge is 0.361 e. The zero-order valence-electron chi connectivity index (χ0n) is 25.2. The van der Waals surface area contributed by atoms with E-state index in [4.69, 9.17) is 4.74 Å². The fraction of sp³-hybridized carbons (Fsp3) is 0.441. The number of aromatic amines is 1. The molecule has 10 heteroatoms. The van der Waals surface area contributed by atoms with Gasteiger partial charge in [0, 0.05) is 42.7 Å². The maximum absolute atomic E-state index is 14.6. The Bertz CT molecular complexity index is 1750. The van der Waals surface area contributed by atoms with Gasteiger partial charge in [-0.15, -0.1) is 0 Å². The fourth-order valence-corrected chi connectivity index (χ4v) is 8.50. The number of nitrogens with zero attached hydrogens (tertiary/aromatic N) is 3. The molecule has 0 bridgehead atoms. The topological polar surface area (TPSA) is 118 Å². The van der Waals surface area contributed by atoms with Crippen molar-refractivity contribution in [1.29, 1.82) is 0 Å². The van der Waals surface area contributed by atoms with Crippen LogP contribution in [-0.2, 0) is 31.1 Å². The van der Waals surface area contributed by atoms with Crippen LogP contribution in [0.3, 0.4) is 0 Å². The molecule has 6 atom stereocenters. The highest BCUT2D eigenvalue weighted by Gasteiger charge is 2.74. The second-order valence-electron chi connectivity index (χ2n) is 13.1. The van der Waals surface area contributed by atoms with E-state index in [1.54, 1.807) is 30.9 Å². The number of aliphatic hydroxyl groups is 1. The molecule has 0 saturated carbocycles. The van der Waals surface area contributed by atoms with Crippen molar-refractivity contribution in [2.45, 2.75) is 68.8 Å². The minimum atomic E-state index is -2.11. The van der Waals surface area contributed by atoms with Crippen LogP contribution in [0.25, 0.3) is 16.5 Å². The Kier molecular flexibility index (Phi) is 5.80. The molecule has 5 aliphatic rings. The summed E-state index contributed by atoms with van der Waals surface area (Å²) in [5, 5.41) is 16.5. The van der Waals surface area contributed by atoms with Gasteiger partial charge in [0.2, 0.25) is 11.6 Å². The lowest BCUT2D eigenvalue weighted by Gasteiger charge is -2.53. The monoisotopic (exact) mass is 595 g/mol. The average molecular weight is 596 g/mol. The molecule has 10 nitrogen and oxygen atoms in total. The van der Waals surface area contributed by atoms with Crippen molar-refractivity contribution >= 4 is 34.2 Å². The van der Waals surface area contributed by atoms with Gasteiger partial charge in [0.1, 0.15) is 11.6 Å². The molecule has 8 rings (SSSR count). The van der Waals surface area contributed by atoms with E-state index in [0.717, 1.165) is 23.1 Å². The van der Waals surface area contributed by atoms with E-state index < -0.39 is 35.0 Å². The number of carbonyl (C=O) groups excluding carboxylic acids is 3. The van der Waals surface area contributed by atoms with E-state index >= 15 is 0 Å². The van der Waals surface area contributed by atoms with Crippen LogP contribution in [0.4, 0.5) is 0 Å². The molecular weight excluding hydrogens is 558 g/mol. The Labute approximate surface area is 255 Å². The molecule has 0 radical (unpaired) electrons. The maximum Gasteiger partial charge on any atom is 0.281 e. The third-order valence-electron chi connectivity index (χ3n) is 10.8. The molecule has 1 unspecified atom stereocenters. The van der Waals surface area contributed by atoms with Crippen molar-refractivity contribution in [3.8, 4) is 0 Å². The summed E-state index contributed by atoms with van der Waals surface area (Å²) >= 11 is 0. The van der Waals surface area contributed by atoms with Crippen LogP contribution in [0.5, 0.6) is 0 Å². The Morgan fingerprint density at radius 3 is 2.70 bits per heavy atom. The van der Waals surface area contributed by atoms with E-state index in [0.29, 0.717) is 31.5 Å². The van der Waals surface area contributed by atoms with Crippen LogP contribution in [0.2, 0.25) is 0 Å². The second-order valence-corrected chi connectivity index (χ2v) is 13.1. The summed E-state index contributed by atoms with van der Waals surface area (Å²) < 4.78 is 6.43. The number of ether oxygens (including phenoxy) is 1. The van der Waals surface area contributed by atoms with Gasteiger partial charge in [0.25, 0.3) is 17.7 Å². The summed E-state index contributed by atoms with van der Waals surface area (Å²) in [6, 6.07) is 14.6. The summed E-state index contributed by atoms with van der Waals surface area (Å²) in [6.45, 7) is 4.35. The molecule has 44 heavy (non-hydrogen) atoms. The van der Waals surface area contributed by atoms with Crippen molar-refractivity contribution in [1.82, 2.24) is 25.0 Å². The quantitative estimate of drug-likeness (QED) is 0.427. The van der Waals surface area contributed by atoms with Crippen LogP contribution in [0, 0.1) is 5.92 Å². The lowest BCUT2D eigenvalue weighted by atomic mass is 9.79. The predicted octanol–water partition coefficient (Wildman–Crippen LogP) is 2.69. The molecule has 4 aliphatic heterocycles. The minimum Gasteiger partial charge on any atom is -0.361 e. The highest BCUT2D eigenvalue weighted by molar-refractivity contribution is 6.01. The van der Waals surface area contributed by atoms with Gasteiger partial charge in [-0.05, 0) is 61.6 Å². The third kappa shape index (κ3) is 3.44. The van der Waals surface area contributed by atoms with Gasteiger partial charge in [-0.25, -0.2) is 0 Å². The lowest BCUT2D eigenvalue weighted by molar-refractivity contribution is -0.328. The van der Waals surface area contributed by atoms with Crippen molar-refractivity contribution in [3.05, 3.63) is 77.5 Å². The Morgan fingerprint density at radius 1 is 1.14 bits per heavy atom. The standard InChI is InChI=1S/C34H37N5O5/c1-4-33(36-29(40)21-16-24-23-12-8-13-25-28(23)20(18-35-25)17-26(24)37(3)19-21)31(42)39-32(2,22-10-6-5-7-11-22)30(41)38-15-9-14-27(38)34(39,43)44-33/h5-8,10-13,16,18,21,26-27,35,43H,4,9,14-15,17,19H2,1-3H3,(H,36,40)/t21?,26-,27-,32+,33-,34+/m1/s1. The number of H-pyrrole nitrogens is 1. The van der Waals surface area contributed by atoms with E-state index in [2.05, 4.69) is 33.5 Å². The van der Waals surface area contributed by atoms with Gasteiger partial charge in [-0.3, -0.25) is 28.9 Å². The number of piperazine rings is 1. The number of carbonyl (C=O) groups is 3. The predicted molar refractivity (Wildman–Crippen MR) is 162 cm³/mol. The molecule has 2 aromatic carbocycles. The first-order chi connectivity index (χ1) is 21.1. The van der Waals surface area contributed by atoms with Gasteiger partial charge in [-0.2, -0.15) is 0 Å². The smallest absolute Gasteiger partial charge is 0.281 e. The summed E-state index contributed by atoms with van der Waals surface area (Å²) in [6.07, 6.45) is 6.20. The Balaban J connectivity index is 1.17. The molecule has 3 saturated heterocycles. The van der Waals surface area contributed by atoms with Crippen molar-refractivity contribution in [3.63, 3.8) is 0 Å². The molecule has 0 spiro atoms. The molecule has 3 amide bonds. The number of fused-ring (bicyclic) bond motifs is 5. The number of nitrogens with one attached hydrogen (secondary N) is 2. The Morgan fingerprint density at radius 2 is 1.93 bits per heavy atom. The SMILES string of the molecule is CC[C@@]1(NC(=O)C2C=C3c4cccc5[nH]cc(c45)C[C@H]3N(C)C2)O[C@@]2(O)[C@H]3CCCN3C(=O)[C@](C)(c3ccccc3)N2C1=O. The summed E-state index contributed by atoms with van der Waals surface area (Å²) in [7, 11) is 2.02. The molecule has 5 heterocycles. The van der Waals surface area contributed by atoms with Crippen molar-refractivity contribution < 1.29 is 24.2 Å². The van der Waals surface area contributed by atoms with E-state index in [-0.39, 0.29) is 24.3 Å². The average Bonchev–Trinajstić information content (AvgIpc) is 3.74. The first kappa shape index (κ1) is 27.6. The number of aromatic nitrogens is 1. The number of likely N-dealkylation sites (N-methyl/N-ethyl adjacent to an activating group) is 1. The number of hydrogen-bond acceptors (Lipinski definition) is 6. The van der Waals surface area contributed by atoms with Gasteiger partial charge >= 0.3 is 0 Å². The Hall–Kier alpha value is -3.99. The van der Waals surface area contributed by atoms with Crippen LogP contribution < -0.4 is 5.32 Å². The van der Waals surface area contributed by atoms with Crippen molar-refractivity contribution in [2.75, 3.05) is 20.1 Å². The normalized spacial score (nSPS) is 34.5. The molecule has 1 aliphatic carbocycles. The molecule has 1 aromatic heterocycles. The number of hydrogen-bond donors (Lipinski definition) is 3. The van der Waals surface area contributed by atoms with Crippen LogP contribution >= 0.6 is 0 Å². The third-order valence-corrected chi connectivity index (χ3v) is 10.8. The molecule has 3 aromatic rings. The molecule has 3 fully saturated rings. The number of amides is 3. The van der Waals surface area contributed by atoms with Crippen molar-refractivity contribution in [2.24, 2.45) is 5.92 Å². The van der Waals surface area contributed by atoms with E-state index in [1.165, 1.54) is 15.8 Å². The zero-order chi connectivity index (χ0) is 30.6. The summed E-state index contributed by atoms with van der Waals surface area (Å²) in [5.74, 6) is -3.89. The zero-order valence-corrected chi connectivity index (χ0v) is 25.2. The van der Waals surface area contributed by atoms with Gasteiger partial charge in [0.15, 0.2) is 0 Å². The summed E-state index contributed by atoms with van der Waals surface area (Å²) in [4.78, 5) is 51.3. The van der Waals surface area contributed by atoms with Crippen LogP contribution in [0.1, 0.15) is 49.8 Å². The minimum absolute atomic E-state index is 0.0793. The maximum atomic E-state index is 14.6. The van der Waals surface area contributed by atoms with Crippen LogP contribution in [-0.4, -0.2) is 86.4 Å². The summed E-state index contributed by atoms with van der Waals surface area (Å²) in [5.41, 5.74) is 1.76.